The lowest BCUT2D eigenvalue weighted by Gasteiger charge is -2.05. The van der Waals surface area contributed by atoms with Gasteiger partial charge >= 0.3 is 0 Å². The van der Waals surface area contributed by atoms with Crippen molar-refractivity contribution < 1.29 is 8.42 Å². The van der Waals surface area contributed by atoms with E-state index in [0.29, 0.717) is 13.1 Å². The predicted molar refractivity (Wildman–Crippen MR) is 81.1 cm³/mol. The number of nitrogens with one attached hydrogen (secondary N) is 1. The first kappa shape index (κ1) is 15.7. The van der Waals surface area contributed by atoms with Crippen LogP contribution in [-0.4, -0.2) is 24.7 Å². The van der Waals surface area contributed by atoms with Gasteiger partial charge in [0.05, 0.1) is 6.20 Å². The molecule has 3 N–H and O–H groups in total. The number of sulfonamides is 1. The Morgan fingerprint density at radius 1 is 1.29 bits per heavy atom. The van der Waals surface area contributed by atoms with E-state index in [1.54, 1.807) is 4.68 Å². The van der Waals surface area contributed by atoms with Crippen LogP contribution in [0.4, 0.5) is 0 Å². The maximum atomic E-state index is 12.2. The summed E-state index contributed by atoms with van der Waals surface area (Å²) in [6.07, 6.45) is 3.64. The highest BCUT2D eigenvalue weighted by molar-refractivity contribution is 7.89. The van der Waals surface area contributed by atoms with Crippen LogP contribution in [0.1, 0.15) is 17.5 Å². The first-order valence-electron chi connectivity index (χ1n) is 6.79. The molecule has 1 heterocycles. The molecule has 2 rings (SSSR count). The van der Waals surface area contributed by atoms with Gasteiger partial charge in [0.25, 0.3) is 0 Å². The highest BCUT2D eigenvalue weighted by Gasteiger charge is 2.16. The average Bonchev–Trinajstić information content (AvgIpc) is 2.94. The van der Waals surface area contributed by atoms with E-state index in [2.05, 4.69) is 9.82 Å². The third-order valence-corrected chi connectivity index (χ3v) is 4.45. The highest BCUT2D eigenvalue weighted by atomic mass is 32.2. The number of aryl methyl sites for hydroxylation is 2. The van der Waals surface area contributed by atoms with Gasteiger partial charge in [0.1, 0.15) is 4.90 Å². The molecule has 0 spiro atoms. The maximum Gasteiger partial charge on any atom is 0.243 e. The van der Waals surface area contributed by atoms with Gasteiger partial charge in [-0.15, -0.1) is 0 Å². The Bertz CT molecular complexity index is 677. The maximum absolute atomic E-state index is 12.2. The first-order chi connectivity index (χ1) is 10.0. The van der Waals surface area contributed by atoms with Gasteiger partial charge in [0.15, 0.2) is 0 Å². The van der Waals surface area contributed by atoms with Crippen LogP contribution in [0.25, 0.3) is 0 Å². The molecule has 0 atom stereocenters. The van der Waals surface area contributed by atoms with Gasteiger partial charge in [0, 0.05) is 19.3 Å². The zero-order valence-electron chi connectivity index (χ0n) is 12.0. The van der Waals surface area contributed by atoms with Crippen LogP contribution in [0.5, 0.6) is 0 Å². The standard InChI is InChI=1S/C14H20N4O2S/c1-12-3-5-13(6-4-12)9-17-21(19,20)14-10-16-18(11-14)8-2-7-15/h3-6,10-11,17H,2,7-9,15H2,1H3. The van der Waals surface area contributed by atoms with E-state index in [1.165, 1.54) is 12.4 Å². The minimum Gasteiger partial charge on any atom is -0.330 e. The van der Waals surface area contributed by atoms with Crippen molar-refractivity contribution in [1.29, 1.82) is 0 Å². The Labute approximate surface area is 125 Å². The van der Waals surface area contributed by atoms with Crippen LogP contribution >= 0.6 is 0 Å². The second-order valence-corrected chi connectivity index (χ2v) is 6.66. The molecule has 0 aliphatic rings. The Kier molecular flexibility index (Phi) is 5.11. The fraction of sp³-hybridized carbons (Fsp3) is 0.357. The van der Waals surface area contributed by atoms with Crippen molar-refractivity contribution >= 4 is 10.0 Å². The van der Waals surface area contributed by atoms with E-state index in [0.717, 1.165) is 17.5 Å². The molecule has 0 saturated heterocycles. The zero-order chi connectivity index (χ0) is 15.3. The van der Waals surface area contributed by atoms with Crippen LogP contribution in [0.15, 0.2) is 41.6 Å². The van der Waals surface area contributed by atoms with Crippen LogP contribution in [0.3, 0.4) is 0 Å². The Morgan fingerprint density at radius 3 is 2.67 bits per heavy atom. The van der Waals surface area contributed by atoms with Gasteiger partial charge in [-0.1, -0.05) is 29.8 Å². The third-order valence-electron chi connectivity index (χ3n) is 3.10. The van der Waals surface area contributed by atoms with E-state index in [1.807, 2.05) is 31.2 Å². The Morgan fingerprint density at radius 2 is 2.00 bits per heavy atom. The van der Waals surface area contributed by atoms with Crippen molar-refractivity contribution in [3.63, 3.8) is 0 Å². The second kappa shape index (κ2) is 6.84. The molecule has 0 saturated carbocycles. The zero-order valence-corrected chi connectivity index (χ0v) is 12.8. The third kappa shape index (κ3) is 4.38. The van der Waals surface area contributed by atoms with E-state index in [9.17, 15) is 8.42 Å². The monoisotopic (exact) mass is 308 g/mol. The SMILES string of the molecule is Cc1ccc(CNS(=O)(=O)c2cnn(CCCN)c2)cc1. The van der Waals surface area contributed by atoms with Crippen molar-refractivity contribution in [1.82, 2.24) is 14.5 Å². The minimum absolute atomic E-state index is 0.173. The summed E-state index contributed by atoms with van der Waals surface area (Å²) < 4.78 is 28.5. The van der Waals surface area contributed by atoms with Crippen molar-refractivity contribution in [2.45, 2.75) is 31.3 Å². The smallest absolute Gasteiger partial charge is 0.243 e. The molecule has 21 heavy (non-hydrogen) atoms. The predicted octanol–water partition coefficient (Wildman–Crippen LogP) is 1.02. The molecule has 114 valence electrons. The fourth-order valence-corrected chi connectivity index (χ4v) is 2.80. The number of hydrogen-bond donors (Lipinski definition) is 2. The second-order valence-electron chi connectivity index (χ2n) is 4.89. The molecule has 0 aliphatic carbocycles. The lowest BCUT2D eigenvalue weighted by atomic mass is 10.2. The molecule has 0 bridgehead atoms. The minimum atomic E-state index is -3.54. The number of nitrogens with two attached hydrogens (primary N) is 1. The largest absolute Gasteiger partial charge is 0.330 e. The van der Waals surface area contributed by atoms with Crippen molar-refractivity contribution in [3.05, 3.63) is 47.8 Å². The summed E-state index contributed by atoms with van der Waals surface area (Å²) in [5.41, 5.74) is 7.48. The molecule has 0 aliphatic heterocycles. The van der Waals surface area contributed by atoms with Crippen molar-refractivity contribution in [3.8, 4) is 0 Å². The number of aromatic nitrogens is 2. The summed E-state index contributed by atoms with van der Waals surface area (Å²) in [4.78, 5) is 0.173. The lowest BCUT2D eigenvalue weighted by Crippen LogP contribution is -2.22. The Hall–Kier alpha value is -1.70. The van der Waals surface area contributed by atoms with Gasteiger partial charge in [0.2, 0.25) is 10.0 Å². The van der Waals surface area contributed by atoms with Gasteiger partial charge in [-0.3, -0.25) is 4.68 Å². The van der Waals surface area contributed by atoms with Gasteiger partial charge in [-0.2, -0.15) is 5.10 Å². The van der Waals surface area contributed by atoms with E-state index < -0.39 is 10.0 Å². The summed E-state index contributed by atoms with van der Waals surface area (Å²) in [6.45, 7) is 3.41. The summed E-state index contributed by atoms with van der Waals surface area (Å²) in [6, 6.07) is 7.72. The molecule has 7 heteroatoms. The van der Waals surface area contributed by atoms with Crippen LogP contribution in [0, 0.1) is 6.92 Å². The number of benzene rings is 1. The molecule has 1 aromatic carbocycles. The van der Waals surface area contributed by atoms with Crippen LogP contribution < -0.4 is 10.5 Å². The van der Waals surface area contributed by atoms with Gasteiger partial charge in [-0.25, -0.2) is 13.1 Å². The molecular formula is C14H20N4O2S. The lowest BCUT2D eigenvalue weighted by molar-refractivity contribution is 0.576. The molecule has 0 amide bonds. The Balaban J connectivity index is 2.00. The summed E-state index contributed by atoms with van der Waals surface area (Å²) >= 11 is 0. The first-order valence-corrected chi connectivity index (χ1v) is 8.27. The van der Waals surface area contributed by atoms with Gasteiger partial charge < -0.3 is 5.73 Å². The molecule has 0 fully saturated rings. The molecule has 0 unspecified atom stereocenters. The topological polar surface area (TPSA) is 90.0 Å². The summed E-state index contributed by atoms with van der Waals surface area (Å²) in [5, 5.41) is 4.03. The van der Waals surface area contributed by atoms with E-state index in [-0.39, 0.29) is 11.4 Å². The molecule has 6 nitrogen and oxygen atoms in total. The van der Waals surface area contributed by atoms with E-state index >= 15 is 0 Å². The molecule has 2 aromatic rings. The normalized spacial score (nSPS) is 11.7. The van der Waals surface area contributed by atoms with Crippen molar-refractivity contribution in [2.24, 2.45) is 5.73 Å². The molecule has 0 radical (unpaired) electrons. The van der Waals surface area contributed by atoms with E-state index in [4.69, 9.17) is 5.73 Å². The number of nitrogens with zero attached hydrogens (tertiary/aromatic N) is 2. The average molecular weight is 308 g/mol. The summed E-state index contributed by atoms with van der Waals surface area (Å²) in [7, 11) is -3.54. The van der Waals surface area contributed by atoms with Crippen LogP contribution in [0.2, 0.25) is 0 Å². The highest BCUT2D eigenvalue weighted by Crippen LogP contribution is 2.09. The van der Waals surface area contributed by atoms with Crippen LogP contribution in [-0.2, 0) is 23.1 Å². The molecular weight excluding hydrogens is 288 g/mol. The van der Waals surface area contributed by atoms with Crippen molar-refractivity contribution in [2.75, 3.05) is 6.54 Å². The molecule has 1 aromatic heterocycles. The quantitative estimate of drug-likeness (QED) is 0.799. The summed E-state index contributed by atoms with van der Waals surface area (Å²) in [5.74, 6) is 0. The fourth-order valence-electron chi connectivity index (χ4n) is 1.83. The number of rotatable bonds is 7. The van der Waals surface area contributed by atoms with Gasteiger partial charge in [-0.05, 0) is 25.5 Å². The number of hydrogen-bond acceptors (Lipinski definition) is 4.